The predicted molar refractivity (Wildman–Crippen MR) is 132 cm³/mol. The first-order valence-electron chi connectivity index (χ1n) is 12.0. The maximum atomic E-state index is 13.1. The molecule has 11 heteroatoms. The zero-order chi connectivity index (χ0) is 24.7. The number of carbonyl (C=O) groups is 1. The summed E-state index contributed by atoms with van der Waals surface area (Å²) < 4.78 is 38.2. The summed E-state index contributed by atoms with van der Waals surface area (Å²) in [6.07, 6.45) is 5.37. The number of rotatable bonds is 10. The van der Waals surface area contributed by atoms with Crippen molar-refractivity contribution in [3.63, 3.8) is 0 Å². The second-order valence-electron chi connectivity index (χ2n) is 8.50. The number of anilines is 1. The van der Waals surface area contributed by atoms with E-state index in [9.17, 15) is 13.2 Å². The molecule has 2 aliphatic rings. The van der Waals surface area contributed by atoms with Crippen molar-refractivity contribution in [1.29, 1.82) is 0 Å². The van der Waals surface area contributed by atoms with E-state index in [0.29, 0.717) is 32.1 Å². The summed E-state index contributed by atoms with van der Waals surface area (Å²) >= 11 is 0. The quantitative estimate of drug-likeness (QED) is 0.487. The summed E-state index contributed by atoms with van der Waals surface area (Å²) in [5, 5.41) is 1.58. The molecular weight excluding hydrogens is 470 g/mol. The van der Waals surface area contributed by atoms with Gasteiger partial charge in [-0.05, 0) is 56.2 Å². The van der Waals surface area contributed by atoms with Crippen molar-refractivity contribution in [2.24, 2.45) is 0 Å². The van der Waals surface area contributed by atoms with Crippen LogP contribution in [-0.2, 0) is 19.6 Å². The van der Waals surface area contributed by atoms with Crippen LogP contribution in [0.15, 0.2) is 53.7 Å². The fourth-order valence-electron chi connectivity index (χ4n) is 4.25. The van der Waals surface area contributed by atoms with E-state index in [2.05, 4.69) is 15.3 Å². The summed E-state index contributed by atoms with van der Waals surface area (Å²) in [6.45, 7) is 5.53. The Morgan fingerprint density at radius 3 is 2.37 bits per heavy atom. The molecule has 0 saturated carbocycles. The van der Waals surface area contributed by atoms with Crippen LogP contribution in [0.5, 0.6) is 5.75 Å². The van der Waals surface area contributed by atoms with E-state index in [0.717, 1.165) is 31.6 Å². The third kappa shape index (κ3) is 6.49. The van der Waals surface area contributed by atoms with E-state index in [-0.39, 0.29) is 29.9 Å². The highest BCUT2D eigenvalue weighted by Crippen LogP contribution is 2.22. The number of sulfonamides is 1. The summed E-state index contributed by atoms with van der Waals surface area (Å²) in [7, 11) is -3.77. The molecule has 0 atom stereocenters. The molecule has 1 aromatic carbocycles. The van der Waals surface area contributed by atoms with E-state index < -0.39 is 10.0 Å². The van der Waals surface area contributed by atoms with Crippen LogP contribution in [0.4, 0.5) is 5.69 Å². The van der Waals surface area contributed by atoms with E-state index >= 15 is 0 Å². The molecule has 2 aromatic rings. The lowest BCUT2D eigenvalue weighted by atomic mass is 10.1. The molecule has 1 aromatic heterocycles. The first-order valence-corrected chi connectivity index (χ1v) is 13.4. The highest BCUT2D eigenvalue weighted by molar-refractivity contribution is 7.89. The van der Waals surface area contributed by atoms with Crippen LogP contribution in [-0.4, -0.2) is 87.2 Å². The molecule has 1 amide bonds. The Hall–Kier alpha value is -2.73. The van der Waals surface area contributed by atoms with Crippen LogP contribution in [0.2, 0.25) is 0 Å². The van der Waals surface area contributed by atoms with Crippen LogP contribution in [0.25, 0.3) is 0 Å². The average molecular weight is 504 g/mol. The Morgan fingerprint density at radius 1 is 1.00 bits per heavy atom. The van der Waals surface area contributed by atoms with Gasteiger partial charge >= 0.3 is 0 Å². The van der Waals surface area contributed by atoms with Gasteiger partial charge in [-0.15, -0.1) is 0 Å². The van der Waals surface area contributed by atoms with Gasteiger partial charge in [0.15, 0.2) is 0 Å². The van der Waals surface area contributed by atoms with Crippen molar-refractivity contribution in [3.05, 3.63) is 48.8 Å². The molecule has 0 spiro atoms. The largest absolute Gasteiger partial charge is 0.491 e. The van der Waals surface area contributed by atoms with Gasteiger partial charge in [-0.1, -0.05) is 0 Å². The average Bonchev–Trinajstić information content (AvgIpc) is 2.89. The van der Waals surface area contributed by atoms with Crippen LogP contribution in [0, 0.1) is 0 Å². The van der Waals surface area contributed by atoms with Crippen LogP contribution in [0.3, 0.4) is 0 Å². The first-order chi connectivity index (χ1) is 17.0. The highest BCUT2D eigenvalue weighted by atomic mass is 32.2. The molecule has 1 N–H and O–H groups in total. The third-order valence-electron chi connectivity index (χ3n) is 6.21. The Bertz CT molecular complexity index is 1060. The predicted octanol–water partition coefficient (Wildman–Crippen LogP) is 1.50. The van der Waals surface area contributed by atoms with Crippen molar-refractivity contribution in [2.45, 2.75) is 30.7 Å². The van der Waals surface area contributed by atoms with Gasteiger partial charge in [0.2, 0.25) is 10.0 Å². The minimum Gasteiger partial charge on any atom is -0.491 e. The molecule has 190 valence electrons. The van der Waals surface area contributed by atoms with Crippen LogP contribution >= 0.6 is 0 Å². The number of hydrazine groups is 1. The Labute approximate surface area is 206 Å². The van der Waals surface area contributed by atoms with Gasteiger partial charge < -0.3 is 14.4 Å². The molecule has 0 aliphatic carbocycles. The van der Waals surface area contributed by atoms with E-state index in [1.54, 1.807) is 29.5 Å². The summed E-state index contributed by atoms with van der Waals surface area (Å²) in [5.74, 6) is 0.330. The van der Waals surface area contributed by atoms with Gasteiger partial charge in [0.25, 0.3) is 5.91 Å². The summed E-state index contributed by atoms with van der Waals surface area (Å²) in [5.41, 5.74) is 4.48. The Kier molecular flexibility index (Phi) is 8.55. The molecule has 0 radical (unpaired) electrons. The molecule has 0 unspecified atom stereocenters. The van der Waals surface area contributed by atoms with Crippen molar-refractivity contribution >= 4 is 21.6 Å². The van der Waals surface area contributed by atoms with Gasteiger partial charge in [0, 0.05) is 50.4 Å². The smallest absolute Gasteiger partial charge is 0.252 e. The highest BCUT2D eigenvalue weighted by Gasteiger charge is 2.34. The van der Waals surface area contributed by atoms with Crippen molar-refractivity contribution in [3.8, 4) is 5.75 Å². The Morgan fingerprint density at radius 2 is 1.71 bits per heavy atom. The van der Waals surface area contributed by atoms with Crippen molar-refractivity contribution in [2.75, 3.05) is 57.4 Å². The zero-order valence-electron chi connectivity index (χ0n) is 20.0. The lowest BCUT2D eigenvalue weighted by Gasteiger charge is -2.39. The molecule has 10 nitrogen and oxygen atoms in total. The lowest BCUT2D eigenvalue weighted by Crippen LogP contribution is -2.60. The number of piperazine rings is 1. The number of nitrogens with one attached hydrogen (secondary N) is 1. The third-order valence-corrected chi connectivity index (χ3v) is 8.07. The van der Waals surface area contributed by atoms with E-state index in [4.69, 9.17) is 9.47 Å². The van der Waals surface area contributed by atoms with Crippen LogP contribution in [0.1, 0.15) is 19.8 Å². The second kappa shape index (κ2) is 11.8. The molecule has 2 fully saturated rings. The van der Waals surface area contributed by atoms with Gasteiger partial charge in [-0.3, -0.25) is 14.8 Å². The maximum absolute atomic E-state index is 13.1. The van der Waals surface area contributed by atoms with Gasteiger partial charge in [-0.25, -0.2) is 13.8 Å². The second-order valence-corrected chi connectivity index (χ2v) is 10.4. The maximum Gasteiger partial charge on any atom is 0.252 e. The number of pyridine rings is 1. The fraction of sp³-hybridized carbons (Fsp3) is 0.500. The number of benzene rings is 1. The monoisotopic (exact) mass is 503 g/mol. The van der Waals surface area contributed by atoms with E-state index in [1.165, 1.54) is 16.4 Å². The minimum atomic E-state index is -3.77. The summed E-state index contributed by atoms with van der Waals surface area (Å²) in [4.78, 5) is 19.3. The number of nitrogens with zero attached hydrogens (tertiary/aromatic N) is 4. The summed E-state index contributed by atoms with van der Waals surface area (Å²) in [6, 6.07) is 10.4. The molecular formula is C24H33N5O5S. The van der Waals surface area contributed by atoms with Crippen LogP contribution < -0.4 is 15.1 Å². The SMILES string of the molecule is CCOCCOc1ccc(S(=O)(=O)N2CCN(NC3CCN(c4ccncc4)CC3)C(=O)C2)cc1. The van der Waals surface area contributed by atoms with Gasteiger partial charge in [0.1, 0.15) is 12.4 Å². The van der Waals surface area contributed by atoms with Gasteiger partial charge in [-0.2, -0.15) is 4.31 Å². The van der Waals surface area contributed by atoms with E-state index in [1.807, 2.05) is 19.1 Å². The normalized spacial score (nSPS) is 18.1. The number of ether oxygens (including phenoxy) is 2. The molecule has 4 rings (SSSR count). The number of amides is 1. The number of aromatic nitrogens is 1. The number of hydrogen-bond acceptors (Lipinski definition) is 8. The molecule has 2 saturated heterocycles. The number of carbonyl (C=O) groups excluding carboxylic acids is 1. The fourth-order valence-corrected chi connectivity index (χ4v) is 5.64. The van der Waals surface area contributed by atoms with Crippen molar-refractivity contribution in [1.82, 2.24) is 19.7 Å². The standard InChI is InChI=1S/C24H33N5O5S/c1-2-33-17-18-34-22-3-5-23(6-4-22)35(31,32)28-15-16-29(24(30)19-28)26-20-9-13-27(14-10-20)21-7-11-25-12-8-21/h3-8,11-12,20,26H,2,9-10,13-19H2,1H3. The van der Waals surface area contributed by atoms with Crippen molar-refractivity contribution < 1.29 is 22.7 Å². The minimum absolute atomic E-state index is 0.146. The molecule has 2 aliphatic heterocycles. The van der Waals surface area contributed by atoms with Gasteiger partial charge in [0.05, 0.1) is 24.6 Å². The lowest BCUT2D eigenvalue weighted by molar-refractivity contribution is -0.138. The molecule has 0 bridgehead atoms. The number of piperidine rings is 1. The zero-order valence-corrected chi connectivity index (χ0v) is 20.8. The Balaban J connectivity index is 1.26. The molecule has 35 heavy (non-hydrogen) atoms. The first kappa shape index (κ1) is 25.4. The topological polar surface area (TPSA) is 104 Å². The molecule has 3 heterocycles. The number of hydrogen-bond donors (Lipinski definition) is 1.